The lowest BCUT2D eigenvalue weighted by Crippen LogP contribution is -2.52. The Bertz CT molecular complexity index is 403. The molecule has 100 valence electrons. The minimum atomic E-state index is -0.745. The van der Waals surface area contributed by atoms with E-state index in [0.717, 1.165) is 0 Å². The van der Waals surface area contributed by atoms with Crippen molar-refractivity contribution in [3.63, 3.8) is 0 Å². The lowest BCUT2D eigenvalue weighted by atomic mass is 9.61. The van der Waals surface area contributed by atoms with E-state index in [9.17, 15) is 14.7 Å². The van der Waals surface area contributed by atoms with Crippen molar-refractivity contribution >= 4 is 11.9 Å². The molecule has 2 N–H and O–H groups in total. The third-order valence-corrected chi connectivity index (χ3v) is 4.29. The molecule has 3 unspecified atom stereocenters. The van der Waals surface area contributed by atoms with Crippen LogP contribution in [0.25, 0.3) is 0 Å². The minimum Gasteiger partial charge on any atom is -0.481 e. The molecule has 1 amide bonds. The molecule has 1 fully saturated rings. The van der Waals surface area contributed by atoms with Crippen LogP contribution in [0.4, 0.5) is 0 Å². The summed E-state index contributed by atoms with van der Waals surface area (Å²) in [5.41, 5.74) is -0.332. The smallest absolute Gasteiger partial charge is 0.307 e. The van der Waals surface area contributed by atoms with Crippen molar-refractivity contribution in [3.05, 3.63) is 0 Å². The molecule has 0 aromatic carbocycles. The summed E-state index contributed by atoms with van der Waals surface area (Å²) >= 11 is 0. The van der Waals surface area contributed by atoms with Crippen molar-refractivity contribution in [2.45, 2.75) is 46.6 Å². The number of rotatable bonds is 2. The van der Waals surface area contributed by atoms with Crippen LogP contribution in [0.3, 0.4) is 0 Å². The van der Waals surface area contributed by atoms with Gasteiger partial charge in [-0.3, -0.25) is 9.59 Å². The van der Waals surface area contributed by atoms with Crippen LogP contribution < -0.4 is 5.32 Å². The first-order valence-electron chi connectivity index (χ1n) is 6.26. The van der Waals surface area contributed by atoms with E-state index in [0.29, 0.717) is 12.8 Å². The van der Waals surface area contributed by atoms with E-state index in [2.05, 4.69) is 17.2 Å². The van der Waals surface area contributed by atoms with Gasteiger partial charge in [0.15, 0.2) is 0 Å². The summed E-state index contributed by atoms with van der Waals surface area (Å²) in [6, 6.07) is 0.00366. The van der Waals surface area contributed by atoms with Gasteiger partial charge >= 0.3 is 5.97 Å². The highest BCUT2D eigenvalue weighted by Gasteiger charge is 2.46. The number of carboxylic acids is 1. The Morgan fingerprint density at radius 1 is 1.33 bits per heavy atom. The van der Waals surface area contributed by atoms with Crippen molar-refractivity contribution in [1.82, 2.24) is 5.32 Å². The fourth-order valence-corrected chi connectivity index (χ4v) is 2.76. The molecule has 0 aromatic heterocycles. The molecule has 0 aliphatic heterocycles. The molecular weight excluding hydrogens is 230 g/mol. The van der Waals surface area contributed by atoms with Gasteiger partial charge in [0, 0.05) is 6.04 Å². The SMILES string of the molecule is CC#CC(=O)NC1CCC(C(=O)O)C(C)(C)C1C. The fraction of sp³-hybridized carbons (Fsp3) is 0.714. The van der Waals surface area contributed by atoms with Gasteiger partial charge in [0.1, 0.15) is 0 Å². The van der Waals surface area contributed by atoms with Crippen LogP contribution in [0.15, 0.2) is 0 Å². The lowest BCUT2D eigenvalue weighted by Gasteiger charge is -2.46. The maximum absolute atomic E-state index is 11.5. The first-order chi connectivity index (χ1) is 8.30. The highest BCUT2D eigenvalue weighted by Crippen LogP contribution is 2.44. The van der Waals surface area contributed by atoms with E-state index in [1.807, 2.05) is 20.8 Å². The van der Waals surface area contributed by atoms with Crippen LogP contribution >= 0.6 is 0 Å². The standard InChI is InChI=1S/C14H21NO3/c1-5-6-12(16)15-11-8-7-10(13(17)18)14(3,4)9(11)2/h9-11H,7-8H2,1-4H3,(H,15,16)(H,17,18). The molecule has 0 heterocycles. The zero-order valence-corrected chi connectivity index (χ0v) is 11.4. The molecule has 4 nitrogen and oxygen atoms in total. The Labute approximate surface area is 108 Å². The van der Waals surface area contributed by atoms with E-state index in [1.165, 1.54) is 0 Å². The molecule has 18 heavy (non-hydrogen) atoms. The third-order valence-electron chi connectivity index (χ3n) is 4.29. The van der Waals surface area contributed by atoms with Crippen LogP contribution in [0.5, 0.6) is 0 Å². The summed E-state index contributed by atoms with van der Waals surface area (Å²) in [5.74, 6) is 3.75. The van der Waals surface area contributed by atoms with Gasteiger partial charge in [-0.15, -0.1) is 0 Å². The number of nitrogens with one attached hydrogen (secondary N) is 1. The Morgan fingerprint density at radius 2 is 1.94 bits per heavy atom. The normalized spacial score (nSPS) is 29.9. The highest BCUT2D eigenvalue weighted by molar-refractivity contribution is 5.93. The zero-order valence-electron chi connectivity index (χ0n) is 11.4. The second kappa shape index (κ2) is 5.43. The molecule has 0 radical (unpaired) electrons. The Hall–Kier alpha value is -1.50. The number of amides is 1. The molecule has 4 heteroatoms. The van der Waals surface area contributed by atoms with Gasteiger partial charge in [0.2, 0.25) is 0 Å². The largest absolute Gasteiger partial charge is 0.481 e. The van der Waals surface area contributed by atoms with Crippen LogP contribution in [-0.2, 0) is 9.59 Å². The van der Waals surface area contributed by atoms with E-state index >= 15 is 0 Å². The van der Waals surface area contributed by atoms with Gasteiger partial charge < -0.3 is 10.4 Å². The van der Waals surface area contributed by atoms with Gasteiger partial charge in [0.25, 0.3) is 5.91 Å². The maximum atomic E-state index is 11.5. The van der Waals surface area contributed by atoms with E-state index in [1.54, 1.807) is 6.92 Å². The predicted molar refractivity (Wildman–Crippen MR) is 68.7 cm³/mol. The van der Waals surface area contributed by atoms with Gasteiger partial charge in [0.05, 0.1) is 5.92 Å². The van der Waals surface area contributed by atoms with Crippen molar-refractivity contribution in [1.29, 1.82) is 0 Å². The molecule has 0 aromatic rings. The number of carbonyl (C=O) groups is 2. The van der Waals surface area contributed by atoms with E-state index in [4.69, 9.17) is 0 Å². The Balaban J connectivity index is 2.80. The average Bonchev–Trinajstić information content (AvgIpc) is 2.24. The van der Waals surface area contributed by atoms with Crippen LogP contribution in [0.2, 0.25) is 0 Å². The topological polar surface area (TPSA) is 66.4 Å². The predicted octanol–water partition coefficient (Wildman–Crippen LogP) is 1.65. The van der Waals surface area contributed by atoms with Gasteiger partial charge in [-0.05, 0) is 37.0 Å². The van der Waals surface area contributed by atoms with E-state index < -0.39 is 5.97 Å². The zero-order chi connectivity index (χ0) is 13.9. The molecule has 0 bridgehead atoms. The summed E-state index contributed by atoms with van der Waals surface area (Å²) in [7, 11) is 0. The number of hydrogen-bond acceptors (Lipinski definition) is 2. The molecular formula is C14H21NO3. The van der Waals surface area contributed by atoms with Crippen molar-refractivity contribution in [2.75, 3.05) is 0 Å². The summed E-state index contributed by atoms with van der Waals surface area (Å²) < 4.78 is 0. The fourth-order valence-electron chi connectivity index (χ4n) is 2.76. The quantitative estimate of drug-likeness (QED) is 0.733. The third kappa shape index (κ3) is 2.84. The number of carbonyl (C=O) groups excluding carboxylic acids is 1. The summed E-state index contributed by atoms with van der Waals surface area (Å²) in [5, 5.41) is 12.1. The molecule has 1 aliphatic carbocycles. The molecule has 3 atom stereocenters. The minimum absolute atomic E-state index is 0.00366. The highest BCUT2D eigenvalue weighted by atomic mass is 16.4. The summed E-state index contributed by atoms with van der Waals surface area (Å²) in [6.45, 7) is 7.54. The molecule has 1 saturated carbocycles. The summed E-state index contributed by atoms with van der Waals surface area (Å²) in [6.07, 6.45) is 1.29. The van der Waals surface area contributed by atoms with Crippen molar-refractivity contribution < 1.29 is 14.7 Å². The van der Waals surface area contributed by atoms with Crippen LogP contribution in [0.1, 0.15) is 40.5 Å². The molecule has 1 aliphatic rings. The van der Waals surface area contributed by atoms with Crippen molar-refractivity contribution in [3.8, 4) is 11.8 Å². The first kappa shape index (κ1) is 14.6. The number of aliphatic carboxylic acids is 1. The van der Waals surface area contributed by atoms with Gasteiger partial charge in [-0.1, -0.05) is 26.7 Å². The van der Waals surface area contributed by atoms with Crippen LogP contribution in [0, 0.1) is 29.1 Å². The van der Waals surface area contributed by atoms with Crippen molar-refractivity contribution in [2.24, 2.45) is 17.3 Å². The average molecular weight is 251 g/mol. The molecule has 1 rings (SSSR count). The second-order valence-electron chi connectivity index (χ2n) is 5.53. The number of carboxylic acid groups (broad SMARTS) is 1. The lowest BCUT2D eigenvalue weighted by molar-refractivity contribution is -0.150. The Morgan fingerprint density at radius 3 is 2.44 bits per heavy atom. The molecule has 0 saturated heterocycles. The van der Waals surface area contributed by atoms with E-state index in [-0.39, 0.29) is 29.2 Å². The van der Waals surface area contributed by atoms with Gasteiger partial charge in [-0.2, -0.15) is 0 Å². The number of hydrogen-bond donors (Lipinski definition) is 2. The molecule has 0 spiro atoms. The maximum Gasteiger partial charge on any atom is 0.307 e. The van der Waals surface area contributed by atoms with Crippen LogP contribution in [-0.4, -0.2) is 23.0 Å². The monoisotopic (exact) mass is 251 g/mol. The second-order valence-corrected chi connectivity index (χ2v) is 5.53. The summed E-state index contributed by atoms with van der Waals surface area (Å²) in [4.78, 5) is 22.7. The Kier molecular flexibility index (Phi) is 4.39. The first-order valence-corrected chi connectivity index (χ1v) is 6.26. The van der Waals surface area contributed by atoms with Gasteiger partial charge in [-0.25, -0.2) is 0 Å².